The SMILES string of the molecule is c1ccc(-n2c3ccccc3c3cc4c5ccccc5n(-c5cccc(-c6ccc7c(c6)c6ncccc6n7-c6ccccc6)c5)c4cc32)cc1. The van der Waals surface area contributed by atoms with E-state index in [9.17, 15) is 0 Å². The Labute approximate surface area is 293 Å². The number of hydrogen-bond donors (Lipinski definition) is 0. The number of para-hydroxylation sites is 4. The summed E-state index contributed by atoms with van der Waals surface area (Å²) >= 11 is 0. The lowest BCUT2D eigenvalue weighted by molar-refractivity contribution is 1.16. The van der Waals surface area contributed by atoms with Crippen molar-refractivity contribution in [3.63, 3.8) is 0 Å². The van der Waals surface area contributed by atoms with Gasteiger partial charge in [-0.15, -0.1) is 0 Å². The Balaban J connectivity index is 1.14. The van der Waals surface area contributed by atoms with E-state index in [4.69, 9.17) is 4.98 Å². The average Bonchev–Trinajstić information content (AvgIpc) is 3.83. The second-order valence-corrected chi connectivity index (χ2v) is 13.3. The van der Waals surface area contributed by atoms with Crippen LogP contribution in [0.5, 0.6) is 0 Å². The largest absolute Gasteiger partial charge is 0.309 e. The van der Waals surface area contributed by atoms with Crippen molar-refractivity contribution in [2.24, 2.45) is 0 Å². The molecular weight excluding hydrogens is 621 g/mol. The van der Waals surface area contributed by atoms with Crippen molar-refractivity contribution in [2.75, 3.05) is 0 Å². The normalized spacial score (nSPS) is 11.9. The summed E-state index contributed by atoms with van der Waals surface area (Å²) in [5.41, 5.74) is 13.8. The maximum Gasteiger partial charge on any atom is 0.0963 e. The van der Waals surface area contributed by atoms with Crippen molar-refractivity contribution < 1.29 is 0 Å². The summed E-state index contributed by atoms with van der Waals surface area (Å²) in [7, 11) is 0. The molecule has 4 nitrogen and oxygen atoms in total. The number of hydrogen-bond acceptors (Lipinski definition) is 1. The third kappa shape index (κ3) is 4.11. The Morgan fingerprint density at radius 2 is 0.824 bits per heavy atom. The molecule has 0 atom stereocenters. The van der Waals surface area contributed by atoms with Crippen molar-refractivity contribution in [3.05, 3.63) is 182 Å². The molecule has 4 heteroatoms. The van der Waals surface area contributed by atoms with Crippen molar-refractivity contribution in [2.45, 2.75) is 0 Å². The molecule has 51 heavy (non-hydrogen) atoms. The Morgan fingerprint density at radius 1 is 0.294 bits per heavy atom. The predicted octanol–water partition coefficient (Wildman–Crippen LogP) is 12.0. The molecule has 0 fully saturated rings. The Hall–Kier alpha value is -6.91. The molecule has 11 aromatic rings. The number of benzene rings is 7. The fourth-order valence-corrected chi connectivity index (χ4v) is 8.26. The van der Waals surface area contributed by atoms with E-state index in [2.05, 4.69) is 184 Å². The first-order valence-electron chi connectivity index (χ1n) is 17.4. The fraction of sp³-hybridized carbons (Fsp3) is 0. The van der Waals surface area contributed by atoms with Crippen molar-refractivity contribution >= 4 is 65.5 Å². The first-order chi connectivity index (χ1) is 25.3. The van der Waals surface area contributed by atoms with Crippen LogP contribution in [0.25, 0.3) is 93.7 Å². The smallest absolute Gasteiger partial charge is 0.0963 e. The lowest BCUT2D eigenvalue weighted by Crippen LogP contribution is -1.96. The van der Waals surface area contributed by atoms with Gasteiger partial charge in [0, 0.05) is 50.2 Å². The summed E-state index contributed by atoms with van der Waals surface area (Å²) in [6.45, 7) is 0. The van der Waals surface area contributed by atoms with Gasteiger partial charge in [-0.1, -0.05) is 91.0 Å². The van der Waals surface area contributed by atoms with Crippen molar-refractivity contribution in [1.29, 1.82) is 0 Å². The maximum atomic E-state index is 4.86. The molecule has 7 aromatic carbocycles. The minimum Gasteiger partial charge on any atom is -0.309 e. The van der Waals surface area contributed by atoms with Gasteiger partial charge in [0.15, 0.2) is 0 Å². The van der Waals surface area contributed by atoms with Crippen LogP contribution in [-0.4, -0.2) is 18.7 Å². The van der Waals surface area contributed by atoms with Crippen LogP contribution in [-0.2, 0) is 0 Å². The van der Waals surface area contributed by atoms with Gasteiger partial charge in [-0.2, -0.15) is 0 Å². The number of aromatic nitrogens is 4. The molecule has 0 saturated carbocycles. The first-order valence-corrected chi connectivity index (χ1v) is 17.4. The van der Waals surface area contributed by atoms with E-state index in [1.54, 1.807) is 0 Å². The molecule has 0 radical (unpaired) electrons. The second kappa shape index (κ2) is 10.8. The quantitative estimate of drug-likeness (QED) is 0.186. The van der Waals surface area contributed by atoms with Gasteiger partial charge in [0.25, 0.3) is 0 Å². The Morgan fingerprint density at radius 3 is 1.51 bits per heavy atom. The average molecular weight is 651 g/mol. The summed E-state index contributed by atoms with van der Waals surface area (Å²) in [5.74, 6) is 0. The van der Waals surface area contributed by atoms with E-state index in [0.29, 0.717) is 0 Å². The highest BCUT2D eigenvalue weighted by molar-refractivity contribution is 6.19. The molecule has 4 heterocycles. The summed E-state index contributed by atoms with van der Waals surface area (Å²) in [4.78, 5) is 4.86. The van der Waals surface area contributed by atoms with Crippen LogP contribution in [0.1, 0.15) is 0 Å². The highest BCUT2D eigenvalue weighted by Crippen LogP contribution is 2.40. The monoisotopic (exact) mass is 650 g/mol. The number of pyridine rings is 1. The van der Waals surface area contributed by atoms with Gasteiger partial charge in [0.05, 0.1) is 38.6 Å². The van der Waals surface area contributed by atoms with Gasteiger partial charge in [0.2, 0.25) is 0 Å². The molecule has 11 rings (SSSR count). The third-order valence-corrected chi connectivity index (χ3v) is 10.5. The number of nitrogens with zero attached hydrogens (tertiary/aromatic N) is 4. The molecule has 4 aromatic heterocycles. The summed E-state index contributed by atoms with van der Waals surface area (Å²) < 4.78 is 7.14. The molecule has 0 spiro atoms. The lowest BCUT2D eigenvalue weighted by Gasteiger charge is -2.12. The topological polar surface area (TPSA) is 27.7 Å². The van der Waals surface area contributed by atoms with Gasteiger partial charge in [0.1, 0.15) is 0 Å². The van der Waals surface area contributed by atoms with Crippen LogP contribution in [0, 0.1) is 0 Å². The molecule has 0 N–H and O–H groups in total. The van der Waals surface area contributed by atoms with E-state index in [-0.39, 0.29) is 0 Å². The lowest BCUT2D eigenvalue weighted by atomic mass is 10.0. The molecule has 0 unspecified atom stereocenters. The zero-order valence-corrected chi connectivity index (χ0v) is 27.6. The van der Waals surface area contributed by atoms with Crippen LogP contribution in [0.2, 0.25) is 0 Å². The van der Waals surface area contributed by atoms with E-state index in [1.165, 1.54) is 43.6 Å². The van der Waals surface area contributed by atoms with Crippen LogP contribution < -0.4 is 0 Å². The summed E-state index contributed by atoms with van der Waals surface area (Å²) in [6.07, 6.45) is 1.89. The molecule has 0 saturated heterocycles. The first kappa shape index (κ1) is 28.0. The minimum atomic E-state index is 1.01. The summed E-state index contributed by atoms with van der Waals surface area (Å²) in [5, 5.41) is 6.16. The molecule has 0 bridgehead atoms. The van der Waals surface area contributed by atoms with E-state index in [1.807, 2.05) is 12.3 Å². The van der Waals surface area contributed by atoms with Crippen LogP contribution in [0.15, 0.2) is 182 Å². The minimum absolute atomic E-state index is 1.01. The van der Waals surface area contributed by atoms with Gasteiger partial charge in [-0.3, -0.25) is 4.98 Å². The van der Waals surface area contributed by atoms with E-state index >= 15 is 0 Å². The van der Waals surface area contributed by atoms with Crippen molar-refractivity contribution in [1.82, 2.24) is 18.7 Å². The van der Waals surface area contributed by atoms with Crippen molar-refractivity contribution in [3.8, 4) is 28.2 Å². The van der Waals surface area contributed by atoms with Gasteiger partial charge < -0.3 is 13.7 Å². The summed E-state index contributed by atoms with van der Waals surface area (Å²) in [6, 6.07) is 63.5. The number of fused-ring (bicyclic) bond motifs is 9. The number of rotatable bonds is 4. The molecule has 0 amide bonds. The van der Waals surface area contributed by atoms with Crippen LogP contribution >= 0.6 is 0 Å². The molecule has 0 aliphatic rings. The van der Waals surface area contributed by atoms with E-state index in [0.717, 1.165) is 50.1 Å². The van der Waals surface area contributed by atoms with E-state index < -0.39 is 0 Å². The highest BCUT2D eigenvalue weighted by atomic mass is 15.0. The predicted molar refractivity (Wildman–Crippen MR) is 213 cm³/mol. The Kier molecular flexibility index (Phi) is 5.92. The maximum absolute atomic E-state index is 4.86. The third-order valence-electron chi connectivity index (χ3n) is 10.5. The molecular formula is C47H30N4. The zero-order chi connectivity index (χ0) is 33.5. The Bertz CT molecular complexity index is 3130. The second-order valence-electron chi connectivity index (χ2n) is 13.3. The molecule has 238 valence electrons. The van der Waals surface area contributed by atoms with Gasteiger partial charge >= 0.3 is 0 Å². The standard InChI is InChI=1S/C47H30N4/c1-3-14-33(15-4-1)49-43-25-24-32(28-40(43)47-44(49)23-12-26-48-47)31-13-11-18-35(27-31)51-42-22-10-8-20-37(42)39-29-38-36-19-7-9-21-41(36)50(45(38)30-46(39)51)34-16-5-2-6-17-34/h1-30H. The van der Waals surface area contributed by atoms with Gasteiger partial charge in [-0.05, 0) is 96.1 Å². The van der Waals surface area contributed by atoms with Crippen LogP contribution in [0.3, 0.4) is 0 Å². The van der Waals surface area contributed by atoms with Gasteiger partial charge in [-0.25, -0.2) is 0 Å². The fourth-order valence-electron chi connectivity index (χ4n) is 8.26. The zero-order valence-electron chi connectivity index (χ0n) is 27.6. The molecule has 0 aliphatic carbocycles. The molecule has 0 aliphatic heterocycles. The van der Waals surface area contributed by atoms with Crippen LogP contribution in [0.4, 0.5) is 0 Å². The highest BCUT2D eigenvalue weighted by Gasteiger charge is 2.19.